The van der Waals surface area contributed by atoms with Crippen LogP contribution < -0.4 is 0 Å². The molecule has 0 saturated carbocycles. The van der Waals surface area contributed by atoms with Crippen LogP contribution in [-0.2, 0) is 11.0 Å². The molecule has 0 saturated heterocycles. The summed E-state index contributed by atoms with van der Waals surface area (Å²) >= 11 is 0. The van der Waals surface area contributed by atoms with Crippen molar-refractivity contribution in [1.29, 1.82) is 0 Å². The summed E-state index contributed by atoms with van der Waals surface area (Å²) in [5.74, 6) is -0.0372. The summed E-state index contributed by atoms with van der Waals surface area (Å²) in [6, 6.07) is 4.90. The topological polar surface area (TPSA) is 17.1 Å². The number of hydrogen-bond acceptors (Lipinski definition) is 1. The van der Waals surface area contributed by atoms with E-state index in [0.717, 1.165) is 24.0 Å². The second-order valence-corrected chi connectivity index (χ2v) is 3.42. The van der Waals surface area contributed by atoms with Gasteiger partial charge in [0, 0.05) is 6.42 Å². The third-order valence-corrected chi connectivity index (χ3v) is 2.26. The van der Waals surface area contributed by atoms with Gasteiger partial charge in [-0.15, -0.1) is 0 Å². The number of halogens is 3. The molecule has 0 aliphatic carbocycles. The van der Waals surface area contributed by atoms with Gasteiger partial charge in [0.1, 0.15) is 6.29 Å². The number of rotatable bonds is 3. The van der Waals surface area contributed by atoms with Gasteiger partial charge in [-0.25, -0.2) is 0 Å². The van der Waals surface area contributed by atoms with Crippen LogP contribution in [0.2, 0.25) is 0 Å². The smallest absolute Gasteiger partial charge is 0.303 e. The van der Waals surface area contributed by atoms with Gasteiger partial charge < -0.3 is 4.79 Å². The lowest BCUT2D eigenvalue weighted by atomic mass is 9.97. The zero-order chi connectivity index (χ0) is 11.5. The van der Waals surface area contributed by atoms with E-state index in [2.05, 4.69) is 0 Å². The summed E-state index contributed by atoms with van der Waals surface area (Å²) in [6.45, 7) is 1.80. The second-order valence-electron chi connectivity index (χ2n) is 3.42. The Morgan fingerprint density at radius 1 is 1.27 bits per heavy atom. The van der Waals surface area contributed by atoms with E-state index in [4.69, 9.17) is 0 Å². The largest absolute Gasteiger partial charge is 0.416 e. The second kappa shape index (κ2) is 4.47. The van der Waals surface area contributed by atoms with Gasteiger partial charge in [0.25, 0.3) is 0 Å². The first kappa shape index (κ1) is 11.8. The minimum atomic E-state index is -4.30. The van der Waals surface area contributed by atoms with Crippen molar-refractivity contribution >= 4 is 6.29 Å². The molecule has 1 aromatic carbocycles. The minimum Gasteiger partial charge on any atom is -0.303 e. The van der Waals surface area contributed by atoms with Crippen molar-refractivity contribution in [3.63, 3.8) is 0 Å². The number of carbonyl (C=O) groups excluding carboxylic acids is 1. The Bertz CT molecular complexity index is 327. The molecule has 0 fully saturated rings. The standard InChI is InChI=1S/C11H11F3O/c1-8(6-7-15)9-2-4-10(5-3-9)11(12,13)14/h2-5,7-8H,6H2,1H3. The van der Waals surface area contributed by atoms with E-state index in [1.807, 2.05) is 0 Å². The molecule has 1 unspecified atom stereocenters. The minimum absolute atomic E-state index is 0.0372. The molecule has 0 aliphatic rings. The van der Waals surface area contributed by atoms with Gasteiger partial charge in [-0.2, -0.15) is 13.2 Å². The monoisotopic (exact) mass is 216 g/mol. The molecule has 4 heteroatoms. The third-order valence-electron chi connectivity index (χ3n) is 2.26. The predicted octanol–water partition coefficient (Wildman–Crippen LogP) is 3.40. The van der Waals surface area contributed by atoms with Gasteiger partial charge in [0.2, 0.25) is 0 Å². The number of carbonyl (C=O) groups is 1. The lowest BCUT2D eigenvalue weighted by Crippen LogP contribution is -2.05. The Morgan fingerprint density at radius 3 is 2.20 bits per heavy atom. The highest BCUT2D eigenvalue weighted by atomic mass is 19.4. The molecule has 0 bridgehead atoms. The maximum Gasteiger partial charge on any atom is 0.416 e. The van der Waals surface area contributed by atoms with Crippen LogP contribution in [0.5, 0.6) is 0 Å². The summed E-state index contributed by atoms with van der Waals surface area (Å²) in [6.07, 6.45) is -3.21. The highest BCUT2D eigenvalue weighted by Crippen LogP contribution is 2.30. The van der Waals surface area contributed by atoms with Crippen LogP contribution in [0, 0.1) is 0 Å². The number of hydrogen-bond donors (Lipinski definition) is 0. The maximum atomic E-state index is 12.2. The van der Waals surface area contributed by atoms with Crippen molar-refractivity contribution in [2.45, 2.75) is 25.4 Å². The summed E-state index contributed by atoms with van der Waals surface area (Å²) < 4.78 is 36.6. The van der Waals surface area contributed by atoms with Crippen molar-refractivity contribution in [2.75, 3.05) is 0 Å². The van der Waals surface area contributed by atoms with Gasteiger partial charge in [0.15, 0.2) is 0 Å². The first-order valence-corrected chi connectivity index (χ1v) is 4.56. The fraction of sp³-hybridized carbons (Fsp3) is 0.364. The fourth-order valence-corrected chi connectivity index (χ4v) is 1.28. The van der Waals surface area contributed by atoms with Crippen LogP contribution in [0.4, 0.5) is 13.2 Å². The van der Waals surface area contributed by atoms with Gasteiger partial charge in [0.05, 0.1) is 5.56 Å². The summed E-state index contributed by atoms with van der Waals surface area (Å²) in [5, 5.41) is 0. The Hall–Kier alpha value is -1.32. The Labute approximate surface area is 85.9 Å². The summed E-state index contributed by atoms with van der Waals surface area (Å²) in [4.78, 5) is 10.2. The molecule has 1 nitrogen and oxygen atoms in total. The van der Waals surface area contributed by atoms with E-state index >= 15 is 0 Å². The molecule has 1 aromatic rings. The van der Waals surface area contributed by atoms with Crippen molar-refractivity contribution in [3.8, 4) is 0 Å². The van der Waals surface area contributed by atoms with Crippen molar-refractivity contribution in [1.82, 2.24) is 0 Å². The number of aldehydes is 1. The molecule has 0 amide bonds. The Morgan fingerprint density at radius 2 is 1.80 bits per heavy atom. The van der Waals surface area contributed by atoms with Crippen molar-refractivity contribution in [3.05, 3.63) is 35.4 Å². The average molecular weight is 216 g/mol. The molecule has 0 N–H and O–H groups in total. The van der Waals surface area contributed by atoms with Crippen LogP contribution in [0.15, 0.2) is 24.3 Å². The molecule has 1 rings (SSSR count). The third kappa shape index (κ3) is 3.08. The van der Waals surface area contributed by atoms with Gasteiger partial charge in [-0.05, 0) is 23.6 Å². The first-order chi connectivity index (χ1) is 6.95. The van der Waals surface area contributed by atoms with Gasteiger partial charge >= 0.3 is 6.18 Å². The van der Waals surface area contributed by atoms with Crippen LogP contribution in [0.3, 0.4) is 0 Å². The zero-order valence-corrected chi connectivity index (χ0v) is 8.21. The number of alkyl halides is 3. The lowest BCUT2D eigenvalue weighted by Gasteiger charge is -2.10. The van der Waals surface area contributed by atoms with Crippen LogP contribution in [0.25, 0.3) is 0 Å². The Kier molecular flexibility index (Phi) is 3.50. The fourth-order valence-electron chi connectivity index (χ4n) is 1.28. The van der Waals surface area contributed by atoms with E-state index in [9.17, 15) is 18.0 Å². The molecular formula is C11H11F3O. The van der Waals surface area contributed by atoms with E-state index in [-0.39, 0.29) is 5.92 Å². The molecule has 82 valence electrons. The first-order valence-electron chi connectivity index (χ1n) is 4.56. The molecule has 0 aliphatic heterocycles. The summed E-state index contributed by atoms with van der Waals surface area (Å²) in [5.41, 5.74) is 0.0830. The van der Waals surface area contributed by atoms with Gasteiger partial charge in [-0.3, -0.25) is 0 Å². The highest BCUT2D eigenvalue weighted by Gasteiger charge is 2.30. The number of benzene rings is 1. The molecule has 0 heterocycles. The van der Waals surface area contributed by atoms with E-state index in [0.29, 0.717) is 6.42 Å². The van der Waals surface area contributed by atoms with E-state index in [1.54, 1.807) is 6.92 Å². The normalized spacial score (nSPS) is 13.6. The average Bonchev–Trinajstić information content (AvgIpc) is 2.17. The molecule has 0 radical (unpaired) electrons. The molecule has 1 atom stereocenters. The highest BCUT2D eigenvalue weighted by molar-refractivity contribution is 5.51. The van der Waals surface area contributed by atoms with Gasteiger partial charge in [-0.1, -0.05) is 19.1 Å². The Balaban J connectivity index is 2.85. The maximum absolute atomic E-state index is 12.2. The lowest BCUT2D eigenvalue weighted by molar-refractivity contribution is -0.137. The van der Waals surface area contributed by atoms with Crippen LogP contribution in [-0.4, -0.2) is 6.29 Å². The zero-order valence-electron chi connectivity index (χ0n) is 8.21. The van der Waals surface area contributed by atoms with Crippen LogP contribution in [0.1, 0.15) is 30.4 Å². The SMILES string of the molecule is CC(CC=O)c1ccc(C(F)(F)F)cc1. The molecular weight excluding hydrogens is 205 g/mol. The van der Waals surface area contributed by atoms with E-state index < -0.39 is 11.7 Å². The molecule has 0 aromatic heterocycles. The molecule has 15 heavy (non-hydrogen) atoms. The van der Waals surface area contributed by atoms with E-state index in [1.165, 1.54) is 12.1 Å². The van der Waals surface area contributed by atoms with Crippen molar-refractivity contribution in [2.24, 2.45) is 0 Å². The van der Waals surface area contributed by atoms with Crippen molar-refractivity contribution < 1.29 is 18.0 Å². The molecule has 0 spiro atoms. The summed E-state index contributed by atoms with van der Waals surface area (Å²) in [7, 11) is 0. The quantitative estimate of drug-likeness (QED) is 0.708. The predicted molar refractivity (Wildman–Crippen MR) is 50.5 cm³/mol. The van der Waals surface area contributed by atoms with Crippen LogP contribution >= 0.6 is 0 Å².